The fourth-order valence-corrected chi connectivity index (χ4v) is 6.49. The molecule has 0 bridgehead atoms. The summed E-state index contributed by atoms with van der Waals surface area (Å²) in [5.74, 6) is -0.118. The summed E-state index contributed by atoms with van der Waals surface area (Å²) < 4.78 is 12.4. The monoisotopic (exact) mass is 515 g/mol. The Balaban J connectivity index is 1.30. The van der Waals surface area contributed by atoms with Gasteiger partial charge < -0.3 is 24.6 Å². The second-order valence-corrected chi connectivity index (χ2v) is 10.8. The summed E-state index contributed by atoms with van der Waals surface area (Å²) in [6, 6.07) is 15.8. The number of benzene rings is 1. The minimum absolute atomic E-state index is 0.103. The van der Waals surface area contributed by atoms with Crippen LogP contribution in [0.15, 0.2) is 59.3 Å². The van der Waals surface area contributed by atoms with E-state index in [1.807, 2.05) is 59.3 Å². The van der Waals surface area contributed by atoms with Crippen LogP contribution in [0.4, 0.5) is 0 Å². The molecule has 188 valence electrons. The van der Waals surface area contributed by atoms with E-state index in [0.717, 1.165) is 43.5 Å². The van der Waals surface area contributed by atoms with Gasteiger partial charge in [0.2, 0.25) is 5.60 Å². The van der Waals surface area contributed by atoms with Gasteiger partial charge >= 0.3 is 5.97 Å². The van der Waals surface area contributed by atoms with Gasteiger partial charge in [-0.3, -0.25) is 0 Å². The molecule has 2 aromatic heterocycles. The zero-order chi connectivity index (χ0) is 24.7. The van der Waals surface area contributed by atoms with Crippen molar-refractivity contribution in [2.45, 2.75) is 49.9 Å². The molecule has 1 aromatic carbocycles. The van der Waals surface area contributed by atoms with Crippen molar-refractivity contribution in [1.29, 1.82) is 0 Å². The molecule has 0 amide bonds. The lowest BCUT2D eigenvalue weighted by Gasteiger charge is -2.38. The molecule has 8 heteroatoms. The molecule has 0 atom stereocenters. The van der Waals surface area contributed by atoms with E-state index < -0.39 is 11.6 Å². The number of aliphatic carboxylic acids is 1. The van der Waals surface area contributed by atoms with E-state index in [1.54, 1.807) is 0 Å². The lowest BCUT2D eigenvalue weighted by molar-refractivity contribution is -0.170. The maximum Gasteiger partial charge on any atom is 0.347 e. The van der Waals surface area contributed by atoms with Gasteiger partial charge in [0.05, 0.1) is 15.9 Å². The van der Waals surface area contributed by atoms with Crippen molar-refractivity contribution in [3.05, 3.63) is 74.6 Å². The van der Waals surface area contributed by atoms with Crippen LogP contribution in [0.1, 0.15) is 41.0 Å². The van der Waals surface area contributed by atoms with E-state index in [0.29, 0.717) is 28.8 Å². The number of hydrogen-bond donors (Lipinski definition) is 2. The van der Waals surface area contributed by atoms with E-state index in [-0.39, 0.29) is 12.7 Å². The van der Waals surface area contributed by atoms with Crippen molar-refractivity contribution >= 4 is 28.6 Å². The first-order valence-electron chi connectivity index (χ1n) is 12.0. The average Bonchev–Trinajstić information content (AvgIpc) is 3.59. The van der Waals surface area contributed by atoms with Crippen LogP contribution in [-0.4, -0.2) is 60.0 Å². The Labute approximate surface area is 214 Å². The summed E-state index contributed by atoms with van der Waals surface area (Å²) >= 11 is 2.86. The van der Waals surface area contributed by atoms with Gasteiger partial charge in [0, 0.05) is 19.2 Å². The van der Waals surface area contributed by atoms with Crippen LogP contribution in [-0.2, 0) is 21.6 Å². The number of carbonyl (C=O) groups is 1. The first-order valence-corrected chi connectivity index (χ1v) is 13.8. The predicted octanol–water partition coefficient (Wildman–Crippen LogP) is 5.01. The molecule has 2 heterocycles. The number of aliphatic hydroxyl groups excluding tert-OH is 1. The highest BCUT2D eigenvalue weighted by Crippen LogP contribution is 2.42. The minimum atomic E-state index is -1.44. The minimum Gasteiger partial charge on any atom is -0.492 e. The second-order valence-electron chi connectivity index (χ2n) is 8.94. The normalized spacial score (nSPS) is 18.6. The molecule has 0 saturated heterocycles. The van der Waals surface area contributed by atoms with Gasteiger partial charge in [0.1, 0.15) is 12.4 Å². The Morgan fingerprint density at radius 3 is 2.17 bits per heavy atom. The van der Waals surface area contributed by atoms with E-state index in [1.165, 1.54) is 22.7 Å². The molecule has 1 fully saturated rings. The number of likely N-dealkylation sites (N-methyl/N-ethyl adjacent to an activating group) is 1. The van der Waals surface area contributed by atoms with Crippen molar-refractivity contribution in [1.82, 2.24) is 4.90 Å². The maximum atomic E-state index is 12.6. The summed E-state index contributed by atoms with van der Waals surface area (Å²) in [6.07, 6.45) is 4.13. The van der Waals surface area contributed by atoms with Crippen molar-refractivity contribution in [3.8, 4) is 5.75 Å². The fraction of sp³-hybridized carbons (Fsp3) is 0.444. The van der Waals surface area contributed by atoms with Gasteiger partial charge in [0.15, 0.2) is 0 Å². The summed E-state index contributed by atoms with van der Waals surface area (Å²) in [7, 11) is 2.12. The molecule has 4 rings (SSSR count). The summed E-state index contributed by atoms with van der Waals surface area (Å²) in [5, 5.41) is 23.2. The molecule has 1 aliphatic carbocycles. The quantitative estimate of drug-likeness (QED) is 0.353. The first-order chi connectivity index (χ1) is 17.0. The standard InChI is InChI=1S/C27H33NO5S2/c1-28(15-17-32-22-10-6-20(7-11-22)14-16-29)21-8-12-23(13-9-21)33-27(26(30)31,24-4-2-18-34-24)25-5-3-19-35-25/h2-7,10-11,18-19,21,23,29H,8-9,12-17H2,1H3,(H,30,31)/t21-,23-. The lowest BCUT2D eigenvalue weighted by Crippen LogP contribution is -2.45. The molecule has 0 spiro atoms. The van der Waals surface area contributed by atoms with E-state index in [2.05, 4.69) is 11.9 Å². The Bertz CT molecular complexity index is 994. The van der Waals surface area contributed by atoms with Crippen LogP contribution in [0.3, 0.4) is 0 Å². The highest BCUT2D eigenvalue weighted by Gasteiger charge is 2.48. The third-order valence-electron chi connectivity index (χ3n) is 6.68. The van der Waals surface area contributed by atoms with E-state index in [4.69, 9.17) is 14.6 Å². The number of hydrogen-bond acceptors (Lipinski definition) is 7. The molecule has 0 unspecified atom stereocenters. The first kappa shape index (κ1) is 25.9. The van der Waals surface area contributed by atoms with Crippen LogP contribution in [0.2, 0.25) is 0 Å². The van der Waals surface area contributed by atoms with Crippen LogP contribution >= 0.6 is 22.7 Å². The highest BCUT2D eigenvalue weighted by atomic mass is 32.1. The molecule has 0 radical (unpaired) electrons. The Morgan fingerprint density at radius 2 is 1.66 bits per heavy atom. The number of carboxylic acid groups (broad SMARTS) is 1. The summed E-state index contributed by atoms with van der Waals surface area (Å²) in [4.78, 5) is 16.4. The van der Waals surface area contributed by atoms with Gasteiger partial charge in [-0.15, -0.1) is 22.7 Å². The topological polar surface area (TPSA) is 79.2 Å². The Morgan fingerprint density at radius 1 is 1.03 bits per heavy atom. The van der Waals surface area contributed by atoms with Crippen LogP contribution in [0.25, 0.3) is 0 Å². The molecule has 0 aliphatic heterocycles. The summed E-state index contributed by atoms with van der Waals surface area (Å²) in [5.41, 5.74) is -0.340. The largest absolute Gasteiger partial charge is 0.492 e. The predicted molar refractivity (Wildman–Crippen MR) is 140 cm³/mol. The van der Waals surface area contributed by atoms with E-state index in [9.17, 15) is 9.90 Å². The van der Waals surface area contributed by atoms with Gasteiger partial charge in [-0.1, -0.05) is 24.3 Å². The molecule has 35 heavy (non-hydrogen) atoms. The molecule has 2 N–H and O–H groups in total. The lowest BCUT2D eigenvalue weighted by atomic mass is 9.90. The zero-order valence-corrected chi connectivity index (χ0v) is 21.6. The van der Waals surface area contributed by atoms with Crippen LogP contribution in [0, 0.1) is 0 Å². The van der Waals surface area contributed by atoms with E-state index >= 15 is 0 Å². The van der Waals surface area contributed by atoms with Crippen molar-refractivity contribution in [2.24, 2.45) is 0 Å². The Hall–Kier alpha value is -2.23. The zero-order valence-electron chi connectivity index (χ0n) is 20.0. The number of thiophene rings is 2. The number of carboxylic acids is 1. The number of aliphatic hydroxyl groups is 1. The second kappa shape index (κ2) is 12.1. The maximum absolute atomic E-state index is 12.6. The van der Waals surface area contributed by atoms with Crippen molar-refractivity contribution in [2.75, 3.05) is 26.8 Å². The van der Waals surface area contributed by atoms with Gasteiger partial charge in [-0.2, -0.15) is 0 Å². The smallest absolute Gasteiger partial charge is 0.347 e. The van der Waals surface area contributed by atoms with Crippen LogP contribution < -0.4 is 4.74 Å². The van der Waals surface area contributed by atoms with Crippen molar-refractivity contribution < 1.29 is 24.5 Å². The van der Waals surface area contributed by atoms with Gasteiger partial charge in [0.25, 0.3) is 0 Å². The van der Waals surface area contributed by atoms with Crippen molar-refractivity contribution in [3.63, 3.8) is 0 Å². The third-order valence-corrected chi connectivity index (χ3v) is 8.63. The number of nitrogens with zero attached hydrogens (tertiary/aromatic N) is 1. The fourth-order valence-electron chi connectivity index (χ4n) is 4.68. The number of ether oxygens (including phenoxy) is 2. The average molecular weight is 516 g/mol. The molecular formula is C27H33NO5S2. The molecule has 1 aliphatic rings. The van der Waals surface area contributed by atoms with Crippen LogP contribution in [0.5, 0.6) is 5.75 Å². The molecule has 3 aromatic rings. The number of rotatable bonds is 12. The molecule has 1 saturated carbocycles. The van der Waals surface area contributed by atoms with Gasteiger partial charge in [-0.05, 0) is 79.7 Å². The summed E-state index contributed by atoms with van der Waals surface area (Å²) in [6.45, 7) is 1.57. The third kappa shape index (κ3) is 6.13. The van der Waals surface area contributed by atoms with Gasteiger partial charge in [-0.25, -0.2) is 4.79 Å². The highest BCUT2D eigenvalue weighted by molar-refractivity contribution is 7.12. The Kier molecular flexibility index (Phi) is 8.97. The molecule has 6 nitrogen and oxygen atoms in total. The SMILES string of the molecule is CN(CCOc1ccc(CCO)cc1)[C@H]1CC[C@H](OC(C(=O)O)(c2cccs2)c2cccs2)CC1. The molecular weight excluding hydrogens is 482 g/mol.